The Labute approximate surface area is 147 Å². The highest BCUT2D eigenvalue weighted by molar-refractivity contribution is 6.19. The minimum absolute atomic E-state index is 0.0217. The lowest BCUT2D eigenvalue weighted by Gasteiger charge is -2.35. The first-order valence-electron chi connectivity index (χ1n) is 8.07. The molecule has 0 radical (unpaired) electrons. The molecule has 4 atom stereocenters. The SMILES string of the molecule is NC(=O)C1(C(=O)C(F)(F)F)NCC2CC21C(=O)[C@@H](N)Cc1ccccc1. The fourth-order valence-electron chi connectivity index (χ4n) is 4.16. The van der Waals surface area contributed by atoms with Gasteiger partial charge in [-0.3, -0.25) is 19.7 Å². The smallest absolute Gasteiger partial charge is 0.368 e. The molecule has 3 unspecified atom stereocenters. The van der Waals surface area contributed by atoms with E-state index < -0.39 is 46.6 Å². The van der Waals surface area contributed by atoms with Crippen LogP contribution >= 0.6 is 0 Å². The Hall–Kier alpha value is -2.26. The van der Waals surface area contributed by atoms with E-state index in [4.69, 9.17) is 11.5 Å². The second-order valence-corrected chi connectivity index (χ2v) is 6.85. The molecular weight excluding hydrogens is 351 g/mol. The topological polar surface area (TPSA) is 115 Å². The number of rotatable bonds is 6. The fraction of sp³-hybridized carbons (Fsp3) is 0.471. The molecule has 1 saturated heterocycles. The third kappa shape index (κ3) is 2.45. The number of nitrogens with one attached hydrogen (secondary N) is 1. The molecule has 140 valence electrons. The largest absolute Gasteiger partial charge is 0.452 e. The number of alkyl halides is 3. The molecule has 3 rings (SSSR count). The Kier molecular flexibility index (Phi) is 4.19. The van der Waals surface area contributed by atoms with Gasteiger partial charge in [-0.15, -0.1) is 0 Å². The number of nitrogens with two attached hydrogens (primary N) is 2. The summed E-state index contributed by atoms with van der Waals surface area (Å²) in [5.74, 6) is -5.15. The van der Waals surface area contributed by atoms with Crippen molar-refractivity contribution in [1.29, 1.82) is 0 Å². The van der Waals surface area contributed by atoms with Crippen LogP contribution in [0.2, 0.25) is 0 Å². The molecule has 26 heavy (non-hydrogen) atoms. The first-order valence-corrected chi connectivity index (χ1v) is 8.07. The van der Waals surface area contributed by atoms with Crippen LogP contribution in [0.1, 0.15) is 12.0 Å². The van der Waals surface area contributed by atoms with Gasteiger partial charge >= 0.3 is 6.18 Å². The normalized spacial score (nSPS) is 31.2. The molecule has 2 fully saturated rings. The summed E-state index contributed by atoms with van der Waals surface area (Å²) in [5.41, 5.74) is 7.26. The van der Waals surface area contributed by atoms with Gasteiger partial charge in [-0.05, 0) is 24.3 Å². The van der Waals surface area contributed by atoms with E-state index in [1.165, 1.54) is 0 Å². The van der Waals surface area contributed by atoms with Crippen LogP contribution < -0.4 is 16.8 Å². The zero-order valence-electron chi connectivity index (χ0n) is 13.7. The molecule has 9 heteroatoms. The van der Waals surface area contributed by atoms with Crippen LogP contribution in [0, 0.1) is 11.3 Å². The number of hydrogen-bond donors (Lipinski definition) is 3. The Morgan fingerprint density at radius 3 is 2.35 bits per heavy atom. The lowest BCUT2D eigenvalue weighted by molar-refractivity contribution is -0.182. The number of Topliss-reactive ketones (excluding diaryl/α,β-unsaturated/α-hetero) is 2. The zero-order chi connectivity index (χ0) is 19.3. The Bertz CT molecular complexity index is 768. The summed E-state index contributed by atoms with van der Waals surface area (Å²) in [6, 6.07) is 7.55. The van der Waals surface area contributed by atoms with Gasteiger partial charge in [0.1, 0.15) is 0 Å². The number of amides is 1. The molecule has 2 aliphatic rings. The summed E-state index contributed by atoms with van der Waals surface area (Å²) >= 11 is 0. The van der Waals surface area contributed by atoms with E-state index in [0.717, 1.165) is 5.56 Å². The van der Waals surface area contributed by atoms with Crippen LogP contribution in [0.5, 0.6) is 0 Å². The summed E-state index contributed by atoms with van der Waals surface area (Å²) in [6.45, 7) is -0.0748. The van der Waals surface area contributed by atoms with Crippen molar-refractivity contribution in [1.82, 2.24) is 5.32 Å². The Balaban J connectivity index is 1.95. The highest BCUT2D eigenvalue weighted by Gasteiger charge is 2.82. The highest BCUT2D eigenvalue weighted by atomic mass is 19.4. The Morgan fingerprint density at radius 2 is 1.85 bits per heavy atom. The van der Waals surface area contributed by atoms with Crippen molar-refractivity contribution >= 4 is 17.5 Å². The predicted octanol–water partition coefficient (Wildman–Crippen LogP) is 0.0905. The van der Waals surface area contributed by atoms with Gasteiger partial charge in [0.05, 0.1) is 11.5 Å². The van der Waals surface area contributed by atoms with Crippen molar-refractivity contribution < 1.29 is 27.6 Å². The average Bonchev–Trinajstić information content (AvgIpc) is 3.22. The minimum Gasteiger partial charge on any atom is -0.368 e. The van der Waals surface area contributed by atoms with E-state index in [1.807, 2.05) is 0 Å². The van der Waals surface area contributed by atoms with Crippen molar-refractivity contribution in [3.63, 3.8) is 0 Å². The number of carbonyl (C=O) groups excluding carboxylic acids is 3. The summed E-state index contributed by atoms with van der Waals surface area (Å²) in [5, 5.41) is 2.30. The quantitative estimate of drug-likeness (QED) is 0.615. The van der Waals surface area contributed by atoms with E-state index in [9.17, 15) is 27.6 Å². The van der Waals surface area contributed by atoms with Crippen LogP contribution in [0.3, 0.4) is 0 Å². The maximum Gasteiger partial charge on any atom is 0.452 e. The van der Waals surface area contributed by atoms with Crippen LogP contribution in [-0.2, 0) is 20.8 Å². The standard InChI is InChI=1S/C17H18F3N3O3/c18-17(19,20)13(25)16(14(22)26)15(7-10(15)8-23-16)12(24)11(21)6-9-4-2-1-3-5-9/h1-5,10-11,23H,6-8,21H2,(H2,22,26)/t10?,11-,15?,16?/m0/s1. The monoisotopic (exact) mass is 369 g/mol. The van der Waals surface area contributed by atoms with E-state index in [2.05, 4.69) is 5.32 Å². The Morgan fingerprint density at radius 1 is 1.23 bits per heavy atom. The van der Waals surface area contributed by atoms with Crippen LogP contribution in [0.15, 0.2) is 30.3 Å². The molecule has 1 aromatic carbocycles. The third-order valence-corrected chi connectivity index (χ3v) is 5.43. The lowest BCUT2D eigenvalue weighted by atomic mass is 9.72. The predicted molar refractivity (Wildman–Crippen MR) is 84.7 cm³/mol. The van der Waals surface area contributed by atoms with E-state index >= 15 is 0 Å². The minimum atomic E-state index is -5.31. The van der Waals surface area contributed by atoms with Gasteiger partial charge in [0.15, 0.2) is 11.3 Å². The summed E-state index contributed by atoms with van der Waals surface area (Å²) in [7, 11) is 0. The van der Waals surface area contributed by atoms with E-state index in [-0.39, 0.29) is 19.4 Å². The zero-order valence-corrected chi connectivity index (χ0v) is 13.7. The fourth-order valence-corrected chi connectivity index (χ4v) is 4.16. The number of carbonyl (C=O) groups is 3. The number of benzene rings is 1. The van der Waals surface area contributed by atoms with Gasteiger partial charge in [0.2, 0.25) is 5.91 Å². The molecule has 1 saturated carbocycles. The molecule has 0 bridgehead atoms. The van der Waals surface area contributed by atoms with Crippen molar-refractivity contribution in [3.8, 4) is 0 Å². The van der Waals surface area contributed by atoms with Crippen molar-refractivity contribution in [2.24, 2.45) is 22.8 Å². The van der Waals surface area contributed by atoms with Gasteiger partial charge in [0, 0.05) is 6.54 Å². The van der Waals surface area contributed by atoms with Gasteiger partial charge < -0.3 is 11.5 Å². The number of halogens is 3. The molecule has 1 aliphatic carbocycles. The van der Waals surface area contributed by atoms with Crippen molar-refractivity contribution in [2.45, 2.75) is 30.6 Å². The van der Waals surface area contributed by atoms with Crippen molar-refractivity contribution in [3.05, 3.63) is 35.9 Å². The first kappa shape index (κ1) is 18.5. The molecular formula is C17H18F3N3O3. The molecule has 1 amide bonds. The van der Waals surface area contributed by atoms with Gasteiger partial charge in [-0.2, -0.15) is 13.2 Å². The van der Waals surface area contributed by atoms with Gasteiger partial charge in [-0.25, -0.2) is 0 Å². The van der Waals surface area contributed by atoms with Crippen LogP contribution in [0.25, 0.3) is 0 Å². The van der Waals surface area contributed by atoms with Gasteiger partial charge in [0.25, 0.3) is 5.78 Å². The van der Waals surface area contributed by atoms with E-state index in [1.54, 1.807) is 30.3 Å². The second kappa shape index (κ2) is 5.88. The summed E-state index contributed by atoms with van der Waals surface area (Å²) in [6.07, 6.45) is -5.24. The van der Waals surface area contributed by atoms with Gasteiger partial charge in [-0.1, -0.05) is 30.3 Å². The summed E-state index contributed by atoms with van der Waals surface area (Å²) < 4.78 is 39.4. The number of fused-ring (bicyclic) bond motifs is 1. The molecule has 6 nitrogen and oxygen atoms in total. The van der Waals surface area contributed by atoms with Crippen LogP contribution in [0.4, 0.5) is 13.2 Å². The third-order valence-electron chi connectivity index (χ3n) is 5.43. The van der Waals surface area contributed by atoms with Crippen LogP contribution in [-0.4, -0.2) is 41.8 Å². The molecule has 0 aromatic heterocycles. The lowest BCUT2D eigenvalue weighted by Crippen LogP contribution is -2.69. The average molecular weight is 369 g/mol. The molecule has 0 spiro atoms. The highest BCUT2D eigenvalue weighted by Crippen LogP contribution is 2.65. The number of ketones is 2. The number of hydrogen-bond acceptors (Lipinski definition) is 5. The molecule has 1 aromatic rings. The molecule has 1 heterocycles. The second-order valence-electron chi connectivity index (χ2n) is 6.85. The number of piperidine rings is 1. The number of primary amides is 1. The van der Waals surface area contributed by atoms with Crippen molar-refractivity contribution in [2.75, 3.05) is 6.54 Å². The maximum atomic E-state index is 13.1. The maximum absolute atomic E-state index is 13.1. The molecule has 5 N–H and O–H groups in total. The summed E-state index contributed by atoms with van der Waals surface area (Å²) in [4.78, 5) is 37.0. The first-order chi connectivity index (χ1) is 12.1. The molecule has 1 aliphatic heterocycles. The van der Waals surface area contributed by atoms with E-state index in [0.29, 0.717) is 0 Å².